The molecule has 1 heterocycles. The van der Waals surface area contributed by atoms with E-state index in [0.717, 1.165) is 63.3 Å². The van der Waals surface area contributed by atoms with Gasteiger partial charge in [0.05, 0.1) is 17.9 Å². The highest BCUT2D eigenvalue weighted by molar-refractivity contribution is 8.11. The first-order valence-corrected chi connectivity index (χ1v) is 20.6. The van der Waals surface area contributed by atoms with Crippen LogP contribution in [-0.4, -0.2) is 50.9 Å². The fourth-order valence-corrected chi connectivity index (χ4v) is 12.0. The summed E-state index contributed by atoms with van der Waals surface area (Å²) in [6.45, 7) is 11.8. The smallest absolute Gasteiger partial charge is 0.508 e. The summed E-state index contributed by atoms with van der Waals surface area (Å²) in [5, 5.41) is 9.92. The number of phenolic OH excluding ortho intramolecular Hbond substituents is 1. The molecule has 1 N–H and O–H groups in total. The van der Waals surface area contributed by atoms with E-state index in [1.54, 1.807) is 5.57 Å². The Morgan fingerprint density at radius 3 is 1.98 bits per heavy atom. The van der Waals surface area contributed by atoms with Gasteiger partial charge in [0.15, 0.2) is 5.78 Å². The quantitative estimate of drug-likeness (QED) is 0.242. The van der Waals surface area contributed by atoms with Crippen LogP contribution in [-0.2, 0) is 29.6 Å². The zero-order valence-electron chi connectivity index (χ0n) is 30.0. The van der Waals surface area contributed by atoms with Crippen molar-refractivity contribution in [3.63, 3.8) is 0 Å². The molecule has 296 valence electrons. The highest BCUT2D eigenvalue weighted by Gasteiger charge is 2.66. The van der Waals surface area contributed by atoms with Crippen molar-refractivity contribution >= 4 is 31.5 Å². The van der Waals surface area contributed by atoms with Gasteiger partial charge in [-0.05, 0) is 109 Å². The lowest BCUT2D eigenvalue weighted by Crippen LogP contribution is -2.52. The number of ether oxygens (including phenoxy) is 1. The Bertz CT molecular complexity index is 2000. The average molecular weight is 804 g/mol. The maximum atomic E-state index is 12.4. The Balaban J connectivity index is 0.000000215. The number of para-hydroxylation sites is 1. The van der Waals surface area contributed by atoms with Gasteiger partial charge >= 0.3 is 31.1 Å². The number of carbonyl (C=O) groups excluding carboxylic acids is 1. The number of ketones is 1. The number of alkyl halides is 6. The lowest BCUT2D eigenvalue weighted by Gasteiger charge is -2.55. The molecule has 1 aliphatic heterocycles. The van der Waals surface area contributed by atoms with Gasteiger partial charge < -0.3 is 9.84 Å². The number of benzene rings is 2. The standard InChI is InChI=1S/C28H32O3.C8H5F6NO4S2.C2H6/c1-17-12-14-31-28(17)13-11-25-23-9-5-19-15-21(30)8-10-22(19)26(23)24(16-27(25,28)2)18-3-6-20(29)7-4-18;9-7(10,11)20(16,17)15(6-4-2-1-3-5-6)21(18,19)8(12,13)14;1-2/h3-4,6-7,15,23-25,29H,1,5,8-14,16H2,2H3;1-5H;1-2H3/t23-,24+,25-,27-,28+;;/m0../s1. The van der Waals surface area contributed by atoms with Crippen molar-refractivity contribution in [3.8, 4) is 5.75 Å². The summed E-state index contributed by atoms with van der Waals surface area (Å²) >= 11 is 0. The van der Waals surface area contributed by atoms with Crippen molar-refractivity contribution in [1.29, 1.82) is 0 Å². The van der Waals surface area contributed by atoms with Crippen molar-refractivity contribution in [2.75, 3.05) is 10.3 Å². The first-order valence-electron chi connectivity index (χ1n) is 17.7. The second kappa shape index (κ2) is 14.8. The molecule has 2 saturated carbocycles. The molecular formula is C38H43F6NO7S2. The van der Waals surface area contributed by atoms with Gasteiger partial charge in [0.25, 0.3) is 0 Å². The lowest BCUT2D eigenvalue weighted by molar-refractivity contribution is -0.114. The number of halogens is 6. The molecule has 2 aromatic carbocycles. The van der Waals surface area contributed by atoms with Gasteiger partial charge in [0.1, 0.15) is 5.75 Å². The molecule has 16 heteroatoms. The molecule has 5 aliphatic rings. The number of allylic oxidation sites excluding steroid dienone is 4. The number of rotatable bonds is 4. The summed E-state index contributed by atoms with van der Waals surface area (Å²) in [4.78, 5) is 12.2. The molecule has 3 fully saturated rings. The van der Waals surface area contributed by atoms with Crippen LogP contribution in [0.2, 0.25) is 0 Å². The van der Waals surface area contributed by atoms with Gasteiger partial charge in [-0.1, -0.05) is 63.3 Å². The van der Waals surface area contributed by atoms with E-state index in [-0.39, 0.29) is 16.8 Å². The topological polar surface area (TPSA) is 118 Å². The van der Waals surface area contributed by atoms with E-state index in [1.165, 1.54) is 28.7 Å². The van der Waals surface area contributed by atoms with E-state index in [4.69, 9.17) is 4.74 Å². The molecule has 0 unspecified atom stereocenters. The van der Waals surface area contributed by atoms with Crippen LogP contribution in [0.4, 0.5) is 32.0 Å². The number of nitrogens with zero attached hydrogens (tertiary/aromatic N) is 1. The minimum atomic E-state index is -6.81. The fraction of sp³-hybridized carbons (Fsp3) is 0.500. The third-order valence-electron chi connectivity index (χ3n) is 11.5. The second-order valence-corrected chi connectivity index (χ2v) is 17.9. The third-order valence-corrected chi connectivity index (χ3v) is 15.1. The molecule has 8 nitrogen and oxygen atoms in total. The fourth-order valence-electron chi connectivity index (χ4n) is 9.27. The van der Waals surface area contributed by atoms with E-state index in [1.807, 2.05) is 32.1 Å². The zero-order valence-corrected chi connectivity index (χ0v) is 31.6. The average Bonchev–Trinajstić information content (AvgIpc) is 3.63. The van der Waals surface area contributed by atoms with Crippen LogP contribution >= 0.6 is 0 Å². The number of sulfonamides is 2. The van der Waals surface area contributed by atoms with Gasteiger partial charge in [-0.25, -0.2) is 0 Å². The van der Waals surface area contributed by atoms with E-state index in [2.05, 4.69) is 25.6 Å². The van der Waals surface area contributed by atoms with Gasteiger partial charge in [0.2, 0.25) is 0 Å². The van der Waals surface area contributed by atoms with Crippen LogP contribution in [0, 0.1) is 17.3 Å². The summed E-state index contributed by atoms with van der Waals surface area (Å²) in [6.07, 6.45) is 9.97. The van der Waals surface area contributed by atoms with Crippen molar-refractivity contribution in [2.45, 2.75) is 94.7 Å². The molecule has 2 aromatic rings. The first-order chi connectivity index (χ1) is 25.2. The van der Waals surface area contributed by atoms with Crippen LogP contribution in [0.3, 0.4) is 0 Å². The molecule has 1 saturated heterocycles. The Morgan fingerprint density at radius 1 is 0.852 bits per heavy atom. The molecule has 4 aliphatic carbocycles. The van der Waals surface area contributed by atoms with E-state index >= 15 is 0 Å². The molecule has 0 radical (unpaired) electrons. The Kier molecular flexibility index (Phi) is 11.4. The third kappa shape index (κ3) is 6.91. The monoisotopic (exact) mass is 803 g/mol. The Hall–Kier alpha value is -3.63. The Morgan fingerprint density at radius 2 is 1.44 bits per heavy atom. The van der Waals surface area contributed by atoms with E-state index in [9.17, 15) is 53.1 Å². The predicted molar refractivity (Wildman–Crippen MR) is 191 cm³/mol. The molecule has 1 spiro atoms. The number of phenols is 1. The summed E-state index contributed by atoms with van der Waals surface area (Å²) in [6, 6.07) is 11.7. The SMILES string of the molecule is C=C1CCO[C@]12CC[C@H]1[C@@H]3CCC4=CC(=O)CCC4=C3[C@@H](c3ccc(O)cc3)C[C@@]12C.CC.O=S(=O)(N(c1ccccc1)S(=O)(=O)C(F)(F)F)C(F)(F)F. The molecule has 7 rings (SSSR count). The number of aromatic hydroxyl groups is 1. The van der Waals surface area contributed by atoms with Crippen LogP contribution in [0.1, 0.15) is 83.6 Å². The minimum Gasteiger partial charge on any atom is -0.508 e. The van der Waals surface area contributed by atoms with E-state index < -0.39 is 40.5 Å². The summed E-state index contributed by atoms with van der Waals surface area (Å²) in [7, 11) is -13.6. The van der Waals surface area contributed by atoms with Crippen LogP contribution in [0.25, 0.3) is 0 Å². The maximum Gasteiger partial charge on any atom is 0.517 e. The molecular weight excluding hydrogens is 761 g/mol. The highest BCUT2D eigenvalue weighted by atomic mass is 32.3. The summed E-state index contributed by atoms with van der Waals surface area (Å²) < 4.78 is 124. The number of carbonyl (C=O) groups is 1. The highest BCUT2D eigenvalue weighted by Crippen LogP contribution is 2.70. The second-order valence-electron chi connectivity index (χ2n) is 14.1. The maximum absolute atomic E-state index is 12.4. The van der Waals surface area contributed by atoms with Crippen molar-refractivity contribution in [1.82, 2.24) is 0 Å². The van der Waals surface area contributed by atoms with Crippen molar-refractivity contribution in [3.05, 3.63) is 95.1 Å². The molecule has 54 heavy (non-hydrogen) atoms. The van der Waals surface area contributed by atoms with Crippen LogP contribution < -0.4 is 3.71 Å². The molecule has 0 bridgehead atoms. The van der Waals surface area contributed by atoms with Crippen molar-refractivity contribution < 1.29 is 57.8 Å². The van der Waals surface area contributed by atoms with Crippen LogP contribution in [0.5, 0.6) is 5.75 Å². The number of fused-ring (bicyclic) bond motifs is 5. The normalized spacial score (nSPS) is 28.2. The summed E-state index contributed by atoms with van der Waals surface area (Å²) in [5.41, 5.74) is -6.93. The minimum absolute atomic E-state index is 0.0730. The van der Waals surface area contributed by atoms with Gasteiger partial charge in [-0.3, -0.25) is 4.79 Å². The molecule has 5 atom stereocenters. The Labute approximate surface area is 311 Å². The largest absolute Gasteiger partial charge is 0.517 e. The number of hydrogen-bond donors (Lipinski definition) is 1. The number of anilines is 1. The zero-order chi connectivity index (χ0) is 40.1. The summed E-state index contributed by atoms with van der Waals surface area (Å²) in [5.74, 6) is 2.07. The first kappa shape index (κ1) is 41.5. The van der Waals surface area contributed by atoms with E-state index in [0.29, 0.717) is 42.1 Å². The van der Waals surface area contributed by atoms with Gasteiger partial charge in [-0.15, -0.1) is 3.71 Å². The van der Waals surface area contributed by atoms with Crippen molar-refractivity contribution in [2.24, 2.45) is 17.3 Å². The number of hydrogen-bond acceptors (Lipinski definition) is 7. The van der Waals surface area contributed by atoms with Gasteiger partial charge in [-0.2, -0.15) is 43.2 Å². The predicted octanol–water partition coefficient (Wildman–Crippen LogP) is 9.23. The van der Waals surface area contributed by atoms with Gasteiger partial charge in [0, 0.05) is 17.8 Å². The van der Waals surface area contributed by atoms with Crippen LogP contribution in [0.15, 0.2) is 89.5 Å². The lowest BCUT2D eigenvalue weighted by atomic mass is 9.50. The molecule has 0 aromatic heterocycles. The molecule has 0 amide bonds.